The average molecular weight is 312 g/mol. The summed E-state index contributed by atoms with van der Waals surface area (Å²) in [4.78, 5) is 0.129. The van der Waals surface area contributed by atoms with E-state index in [1.165, 1.54) is 6.07 Å². The highest BCUT2D eigenvalue weighted by molar-refractivity contribution is 7.90. The smallest absolute Gasteiger partial charge is 0.177 e. The van der Waals surface area contributed by atoms with E-state index in [1.807, 2.05) is 0 Å². The van der Waals surface area contributed by atoms with E-state index in [1.54, 1.807) is 12.1 Å². The molecule has 4 N–H and O–H groups in total. The van der Waals surface area contributed by atoms with Gasteiger partial charge in [-0.2, -0.15) is 0 Å². The first kappa shape index (κ1) is 16.1. The number of nitrogens with one attached hydrogen (secondary N) is 1. The average Bonchev–Trinajstić information content (AvgIpc) is 2.43. The van der Waals surface area contributed by atoms with Gasteiger partial charge in [0.1, 0.15) is 0 Å². The standard InChI is InChI=1S/C15H24N2O3S/c1-11-6-8-15(10-18,9-7-11)17-12-4-3-5-13(14(12)16)21(2,19)20/h3-5,11,17-18H,6-10,16H2,1-2H3. The minimum atomic E-state index is -3.36. The van der Waals surface area contributed by atoms with Crippen molar-refractivity contribution < 1.29 is 13.5 Å². The minimum Gasteiger partial charge on any atom is -0.396 e. The number of hydrogen-bond donors (Lipinski definition) is 3. The monoisotopic (exact) mass is 312 g/mol. The molecule has 1 saturated carbocycles. The van der Waals surface area contributed by atoms with Gasteiger partial charge >= 0.3 is 0 Å². The van der Waals surface area contributed by atoms with Crippen LogP contribution in [0.4, 0.5) is 11.4 Å². The topological polar surface area (TPSA) is 92.4 Å². The summed E-state index contributed by atoms with van der Waals surface area (Å²) in [6, 6.07) is 4.94. The summed E-state index contributed by atoms with van der Waals surface area (Å²) >= 11 is 0. The lowest BCUT2D eigenvalue weighted by Crippen LogP contribution is -2.45. The normalized spacial score (nSPS) is 26.5. The largest absolute Gasteiger partial charge is 0.396 e. The van der Waals surface area contributed by atoms with Crippen molar-refractivity contribution in [3.8, 4) is 0 Å². The van der Waals surface area contributed by atoms with E-state index in [2.05, 4.69) is 12.2 Å². The molecule has 1 aromatic carbocycles. The van der Waals surface area contributed by atoms with Gasteiger partial charge in [-0.25, -0.2) is 8.42 Å². The maximum atomic E-state index is 11.7. The number of aliphatic hydroxyl groups excluding tert-OH is 1. The third-order valence-corrected chi connectivity index (χ3v) is 5.55. The molecule has 1 aliphatic carbocycles. The van der Waals surface area contributed by atoms with Crippen LogP contribution in [0.25, 0.3) is 0 Å². The van der Waals surface area contributed by atoms with Crippen LogP contribution in [0.15, 0.2) is 23.1 Å². The number of benzene rings is 1. The van der Waals surface area contributed by atoms with Gasteiger partial charge in [-0.05, 0) is 43.7 Å². The molecule has 1 aliphatic rings. The van der Waals surface area contributed by atoms with E-state index in [0.717, 1.165) is 31.9 Å². The van der Waals surface area contributed by atoms with Crippen LogP contribution in [0.2, 0.25) is 0 Å². The summed E-state index contributed by atoms with van der Waals surface area (Å²) in [5.74, 6) is 0.658. The summed E-state index contributed by atoms with van der Waals surface area (Å²) in [7, 11) is -3.36. The molecular weight excluding hydrogens is 288 g/mol. The second-order valence-corrected chi connectivity index (χ2v) is 8.22. The zero-order chi connectivity index (χ0) is 15.7. The van der Waals surface area contributed by atoms with E-state index in [-0.39, 0.29) is 17.2 Å². The van der Waals surface area contributed by atoms with Crippen molar-refractivity contribution in [3.05, 3.63) is 18.2 Å². The number of anilines is 2. The molecule has 0 aromatic heterocycles. The summed E-state index contributed by atoms with van der Waals surface area (Å²) in [5.41, 5.74) is 6.41. The Morgan fingerprint density at radius 1 is 1.38 bits per heavy atom. The van der Waals surface area contributed by atoms with Crippen molar-refractivity contribution in [1.82, 2.24) is 0 Å². The highest BCUT2D eigenvalue weighted by Crippen LogP contribution is 2.37. The van der Waals surface area contributed by atoms with Crippen molar-refractivity contribution >= 4 is 21.2 Å². The number of para-hydroxylation sites is 1. The molecule has 0 heterocycles. The fourth-order valence-corrected chi connectivity index (χ4v) is 3.73. The third kappa shape index (κ3) is 3.49. The molecule has 0 radical (unpaired) electrons. The van der Waals surface area contributed by atoms with Gasteiger partial charge in [-0.3, -0.25) is 0 Å². The summed E-state index contributed by atoms with van der Waals surface area (Å²) in [6.07, 6.45) is 4.94. The fourth-order valence-electron chi connectivity index (χ4n) is 2.90. The van der Waals surface area contributed by atoms with Crippen molar-refractivity contribution in [2.24, 2.45) is 5.92 Å². The van der Waals surface area contributed by atoms with Crippen LogP contribution in [-0.4, -0.2) is 31.9 Å². The first-order valence-corrected chi connectivity index (χ1v) is 9.14. The maximum absolute atomic E-state index is 11.7. The second-order valence-electron chi connectivity index (χ2n) is 6.24. The van der Waals surface area contributed by atoms with E-state index >= 15 is 0 Å². The lowest BCUT2D eigenvalue weighted by Gasteiger charge is -2.40. The van der Waals surface area contributed by atoms with Crippen LogP contribution in [0.1, 0.15) is 32.6 Å². The SMILES string of the molecule is CC1CCC(CO)(Nc2cccc(S(C)(=O)=O)c2N)CC1. The van der Waals surface area contributed by atoms with Crippen LogP contribution in [0.3, 0.4) is 0 Å². The molecular formula is C15H24N2O3S. The molecule has 118 valence electrons. The van der Waals surface area contributed by atoms with Crippen molar-refractivity contribution in [1.29, 1.82) is 0 Å². The Morgan fingerprint density at radius 3 is 2.52 bits per heavy atom. The molecule has 1 fully saturated rings. The van der Waals surface area contributed by atoms with Gasteiger partial charge in [0.15, 0.2) is 9.84 Å². The Labute approximate surface area is 126 Å². The van der Waals surface area contributed by atoms with Gasteiger partial charge in [0.2, 0.25) is 0 Å². The lowest BCUT2D eigenvalue weighted by atomic mass is 9.77. The Hall–Kier alpha value is -1.27. The molecule has 0 bridgehead atoms. The Kier molecular flexibility index (Phi) is 4.49. The molecule has 0 amide bonds. The Morgan fingerprint density at radius 2 is 2.00 bits per heavy atom. The van der Waals surface area contributed by atoms with Gasteiger partial charge in [-0.15, -0.1) is 0 Å². The fraction of sp³-hybridized carbons (Fsp3) is 0.600. The molecule has 0 spiro atoms. The molecule has 2 rings (SSSR count). The minimum absolute atomic E-state index is 0.0161. The van der Waals surface area contributed by atoms with Crippen LogP contribution >= 0.6 is 0 Å². The van der Waals surface area contributed by atoms with Crippen LogP contribution in [0, 0.1) is 5.92 Å². The first-order valence-electron chi connectivity index (χ1n) is 7.25. The van der Waals surface area contributed by atoms with E-state index in [9.17, 15) is 13.5 Å². The number of hydrogen-bond acceptors (Lipinski definition) is 5. The molecule has 21 heavy (non-hydrogen) atoms. The molecule has 5 nitrogen and oxygen atoms in total. The summed E-state index contributed by atoms with van der Waals surface area (Å²) in [5, 5.41) is 13.1. The van der Waals surface area contributed by atoms with Gasteiger partial charge in [0.25, 0.3) is 0 Å². The Bertz CT molecular complexity index is 605. The zero-order valence-electron chi connectivity index (χ0n) is 12.6. The van der Waals surface area contributed by atoms with Crippen molar-refractivity contribution in [3.63, 3.8) is 0 Å². The van der Waals surface area contributed by atoms with Gasteiger partial charge in [0.05, 0.1) is 28.4 Å². The molecule has 6 heteroatoms. The third-order valence-electron chi connectivity index (χ3n) is 4.40. The Balaban J connectivity index is 2.31. The lowest BCUT2D eigenvalue weighted by molar-refractivity contribution is 0.155. The summed E-state index contributed by atoms with van der Waals surface area (Å²) in [6.45, 7) is 2.22. The number of nitrogens with two attached hydrogens (primary N) is 1. The highest BCUT2D eigenvalue weighted by atomic mass is 32.2. The highest BCUT2D eigenvalue weighted by Gasteiger charge is 2.34. The quantitative estimate of drug-likeness (QED) is 0.740. The zero-order valence-corrected chi connectivity index (χ0v) is 13.4. The molecule has 1 aromatic rings. The van der Waals surface area contributed by atoms with Crippen LogP contribution in [-0.2, 0) is 9.84 Å². The van der Waals surface area contributed by atoms with Gasteiger partial charge in [0, 0.05) is 6.26 Å². The first-order chi connectivity index (χ1) is 9.77. The van der Waals surface area contributed by atoms with Crippen LogP contribution < -0.4 is 11.1 Å². The van der Waals surface area contributed by atoms with E-state index in [4.69, 9.17) is 5.73 Å². The maximum Gasteiger partial charge on any atom is 0.177 e. The van der Waals surface area contributed by atoms with Crippen molar-refractivity contribution in [2.75, 3.05) is 23.9 Å². The summed E-state index contributed by atoms with van der Waals surface area (Å²) < 4.78 is 23.5. The molecule has 0 unspecified atom stereocenters. The molecule has 0 saturated heterocycles. The predicted octanol–water partition coefficient (Wildman–Crippen LogP) is 2.03. The predicted molar refractivity (Wildman–Crippen MR) is 85.0 cm³/mol. The van der Waals surface area contributed by atoms with E-state index < -0.39 is 15.4 Å². The molecule has 0 aliphatic heterocycles. The van der Waals surface area contributed by atoms with Gasteiger partial charge < -0.3 is 16.2 Å². The second kappa shape index (κ2) is 5.85. The number of rotatable bonds is 4. The van der Waals surface area contributed by atoms with Gasteiger partial charge in [-0.1, -0.05) is 13.0 Å². The van der Waals surface area contributed by atoms with E-state index in [0.29, 0.717) is 11.6 Å². The molecule has 0 atom stereocenters. The van der Waals surface area contributed by atoms with Crippen LogP contribution in [0.5, 0.6) is 0 Å². The van der Waals surface area contributed by atoms with Crippen molar-refractivity contribution in [2.45, 2.75) is 43.0 Å². The number of aliphatic hydroxyl groups is 1. The number of nitrogen functional groups attached to an aromatic ring is 1. The number of sulfone groups is 1.